The van der Waals surface area contributed by atoms with Crippen LogP contribution in [0.4, 0.5) is 5.95 Å². The van der Waals surface area contributed by atoms with Gasteiger partial charge in [-0.15, -0.1) is 0 Å². The maximum Gasteiger partial charge on any atom is 0.333 e. The van der Waals surface area contributed by atoms with Gasteiger partial charge >= 0.3 is 5.69 Å². The number of nitrogen functional groups attached to an aromatic ring is 1. The molecule has 3 heterocycles. The van der Waals surface area contributed by atoms with Crippen molar-refractivity contribution in [2.45, 2.75) is 31.1 Å². The van der Waals surface area contributed by atoms with Gasteiger partial charge in [-0.25, -0.2) is 9.36 Å². The third-order valence-electron chi connectivity index (χ3n) is 5.10. The van der Waals surface area contributed by atoms with E-state index < -0.39 is 42.4 Å². The molecule has 0 saturated carbocycles. The Morgan fingerprint density at radius 1 is 1.23 bits per heavy atom. The smallest absolute Gasteiger partial charge is 0.333 e. The number of hydrogen-bond acceptors (Lipinski definition) is 9. The number of ether oxygens (including phenoxy) is 2. The Morgan fingerprint density at radius 2 is 1.93 bits per heavy atom. The quantitative estimate of drug-likeness (QED) is 0.317. The molecule has 1 aliphatic rings. The van der Waals surface area contributed by atoms with Crippen LogP contribution >= 0.6 is 0 Å². The Morgan fingerprint density at radius 3 is 2.53 bits per heavy atom. The Kier molecular flexibility index (Phi) is 5.07. The summed E-state index contributed by atoms with van der Waals surface area (Å²) in [7, 11) is 1.53. The molecule has 12 nitrogen and oxygen atoms in total. The molecule has 2 aromatic heterocycles. The molecule has 0 unspecified atom stereocenters. The van der Waals surface area contributed by atoms with Crippen LogP contribution < -0.4 is 21.7 Å². The van der Waals surface area contributed by atoms with Gasteiger partial charge in [-0.2, -0.15) is 4.98 Å². The summed E-state index contributed by atoms with van der Waals surface area (Å²) in [5.41, 5.74) is 4.84. The van der Waals surface area contributed by atoms with Gasteiger partial charge in [0.2, 0.25) is 5.95 Å². The maximum atomic E-state index is 13.2. The van der Waals surface area contributed by atoms with Crippen LogP contribution in [0, 0.1) is 0 Å². The van der Waals surface area contributed by atoms with E-state index in [2.05, 4.69) is 9.97 Å². The summed E-state index contributed by atoms with van der Waals surface area (Å²) in [5.74, 6) is 0.405. The number of anilines is 1. The second kappa shape index (κ2) is 7.57. The van der Waals surface area contributed by atoms with Crippen LogP contribution in [0.5, 0.6) is 5.75 Å². The highest BCUT2D eigenvalue weighted by Crippen LogP contribution is 2.30. The van der Waals surface area contributed by atoms with Crippen molar-refractivity contribution in [3.8, 4) is 5.75 Å². The molecule has 0 aliphatic carbocycles. The number of nitrogens with one attached hydrogen (secondary N) is 1. The number of nitrogens with zero attached hydrogens (tertiary/aromatic N) is 3. The molecule has 0 radical (unpaired) electrons. The third-order valence-corrected chi connectivity index (χ3v) is 5.10. The van der Waals surface area contributed by atoms with E-state index in [1.165, 1.54) is 11.7 Å². The first-order chi connectivity index (χ1) is 14.3. The summed E-state index contributed by atoms with van der Waals surface area (Å²) in [5, 5.41) is 29.8. The zero-order valence-corrected chi connectivity index (χ0v) is 15.9. The normalized spacial score (nSPS) is 23.9. The van der Waals surface area contributed by atoms with E-state index in [0.717, 1.165) is 4.57 Å². The summed E-state index contributed by atoms with van der Waals surface area (Å²) < 4.78 is 12.7. The lowest BCUT2D eigenvalue weighted by Crippen LogP contribution is -2.36. The molecule has 0 amide bonds. The van der Waals surface area contributed by atoms with Crippen molar-refractivity contribution in [3.63, 3.8) is 0 Å². The summed E-state index contributed by atoms with van der Waals surface area (Å²) in [6, 6.07) is 6.90. The SMILES string of the molecule is COc1ccc(Cn2c(=O)n([C@@H]3O[C@H](CO)[C@@H](O)[C@H]3O)c3nc(N)[nH]c(=O)c32)cc1. The number of fused-ring (bicyclic) bond motifs is 1. The summed E-state index contributed by atoms with van der Waals surface area (Å²) in [4.78, 5) is 32.2. The molecule has 1 aromatic carbocycles. The fourth-order valence-electron chi connectivity index (χ4n) is 3.58. The number of imidazole rings is 1. The van der Waals surface area contributed by atoms with Crippen LogP contribution in [0.15, 0.2) is 33.9 Å². The standard InChI is InChI=1S/C18H21N5O7/c1-29-9-4-2-8(3-5-9)6-22-11-14(20-17(19)21-15(11)27)23(18(22)28)16-13(26)12(25)10(7-24)30-16/h2-5,10,12-13,16,24-26H,6-7H2,1H3,(H3,19,20,21,27)/t10-,12-,13-,16-/m1/s1. The van der Waals surface area contributed by atoms with Gasteiger partial charge in [0.05, 0.1) is 20.3 Å². The number of aliphatic hydroxyl groups is 3. The lowest BCUT2D eigenvalue weighted by atomic mass is 10.1. The van der Waals surface area contributed by atoms with Crippen molar-refractivity contribution in [2.24, 2.45) is 0 Å². The Hall–Kier alpha value is -3.19. The van der Waals surface area contributed by atoms with Crippen LogP contribution in [0.2, 0.25) is 0 Å². The van der Waals surface area contributed by atoms with Crippen molar-refractivity contribution in [1.29, 1.82) is 0 Å². The fraction of sp³-hybridized carbons (Fsp3) is 0.389. The average Bonchev–Trinajstić information content (AvgIpc) is 3.16. The predicted molar refractivity (Wildman–Crippen MR) is 104 cm³/mol. The van der Waals surface area contributed by atoms with E-state index in [1.54, 1.807) is 24.3 Å². The minimum Gasteiger partial charge on any atom is -0.497 e. The fourth-order valence-corrected chi connectivity index (χ4v) is 3.58. The molecule has 1 fully saturated rings. The van der Waals surface area contributed by atoms with E-state index in [-0.39, 0.29) is 23.7 Å². The van der Waals surface area contributed by atoms with Gasteiger partial charge in [0.15, 0.2) is 17.4 Å². The minimum atomic E-state index is -1.53. The average molecular weight is 419 g/mol. The monoisotopic (exact) mass is 419 g/mol. The molecular weight excluding hydrogens is 398 g/mol. The van der Waals surface area contributed by atoms with Gasteiger partial charge in [0.25, 0.3) is 5.56 Å². The molecule has 3 aromatic rings. The van der Waals surface area contributed by atoms with Crippen LogP contribution in [-0.2, 0) is 11.3 Å². The van der Waals surface area contributed by atoms with E-state index >= 15 is 0 Å². The number of methoxy groups -OCH3 is 1. The number of rotatable bonds is 5. The highest BCUT2D eigenvalue weighted by molar-refractivity contribution is 5.72. The zero-order chi connectivity index (χ0) is 21.6. The van der Waals surface area contributed by atoms with Gasteiger partial charge in [-0.1, -0.05) is 12.1 Å². The highest BCUT2D eigenvalue weighted by atomic mass is 16.6. The van der Waals surface area contributed by atoms with Gasteiger partial charge < -0.3 is 30.5 Å². The second-order valence-corrected chi connectivity index (χ2v) is 6.94. The van der Waals surface area contributed by atoms with Gasteiger partial charge in [0, 0.05) is 0 Å². The molecule has 1 saturated heterocycles. The number of aromatic nitrogens is 4. The van der Waals surface area contributed by atoms with Crippen molar-refractivity contribution in [1.82, 2.24) is 19.1 Å². The maximum absolute atomic E-state index is 13.2. The molecule has 1 aliphatic heterocycles. The van der Waals surface area contributed by atoms with Crippen molar-refractivity contribution in [2.75, 3.05) is 19.5 Å². The number of H-pyrrole nitrogens is 1. The second-order valence-electron chi connectivity index (χ2n) is 6.94. The number of benzene rings is 1. The Balaban J connectivity index is 1.88. The predicted octanol–water partition coefficient (Wildman–Crippen LogP) is -1.86. The van der Waals surface area contributed by atoms with Crippen LogP contribution in [-0.4, -0.2) is 66.5 Å². The molecule has 160 valence electrons. The number of nitrogens with two attached hydrogens (primary N) is 1. The van der Waals surface area contributed by atoms with E-state index in [9.17, 15) is 24.9 Å². The van der Waals surface area contributed by atoms with E-state index in [4.69, 9.17) is 15.2 Å². The zero-order valence-electron chi connectivity index (χ0n) is 15.9. The highest BCUT2D eigenvalue weighted by Gasteiger charge is 2.45. The molecule has 4 rings (SSSR count). The molecule has 0 spiro atoms. The van der Waals surface area contributed by atoms with Gasteiger partial charge in [-0.05, 0) is 17.7 Å². The summed E-state index contributed by atoms with van der Waals surface area (Å²) >= 11 is 0. The van der Waals surface area contributed by atoms with Crippen molar-refractivity contribution >= 4 is 17.1 Å². The molecule has 6 N–H and O–H groups in total. The van der Waals surface area contributed by atoms with Crippen LogP contribution in [0.3, 0.4) is 0 Å². The summed E-state index contributed by atoms with van der Waals surface area (Å²) in [6.07, 6.45) is -5.41. The Bertz CT molecular complexity index is 1180. The third kappa shape index (κ3) is 3.15. The number of aliphatic hydroxyl groups excluding tert-OH is 3. The first-order valence-corrected chi connectivity index (χ1v) is 9.11. The first kappa shape index (κ1) is 20.1. The molecule has 30 heavy (non-hydrogen) atoms. The molecule has 12 heteroatoms. The number of hydrogen-bond donors (Lipinski definition) is 5. The number of aromatic amines is 1. The van der Waals surface area contributed by atoms with E-state index in [0.29, 0.717) is 11.3 Å². The Labute approximate surface area is 168 Å². The first-order valence-electron chi connectivity index (χ1n) is 9.11. The summed E-state index contributed by atoms with van der Waals surface area (Å²) in [6.45, 7) is -0.542. The lowest BCUT2D eigenvalue weighted by molar-refractivity contribution is -0.0527. The molecular formula is C18H21N5O7. The minimum absolute atomic E-state index is 0.0236. The van der Waals surface area contributed by atoms with Crippen molar-refractivity contribution < 1.29 is 24.8 Å². The van der Waals surface area contributed by atoms with Crippen molar-refractivity contribution in [3.05, 3.63) is 50.7 Å². The lowest BCUT2D eigenvalue weighted by Gasteiger charge is -2.15. The molecule has 4 atom stereocenters. The van der Waals surface area contributed by atoms with Gasteiger partial charge in [0.1, 0.15) is 24.1 Å². The molecule has 0 bridgehead atoms. The van der Waals surface area contributed by atoms with Gasteiger partial charge in [-0.3, -0.25) is 14.3 Å². The largest absolute Gasteiger partial charge is 0.497 e. The topological polar surface area (TPSA) is 178 Å². The van der Waals surface area contributed by atoms with E-state index in [1.807, 2.05) is 0 Å². The van der Waals surface area contributed by atoms with Crippen LogP contribution in [0.25, 0.3) is 11.2 Å². The van der Waals surface area contributed by atoms with Crippen LogP contribution in [0.1, 0.15) is 11.8 Å².